The van der Waals surface area contributed by atoms with Crippen LogP contribution in [0.3, 0.4) is 0 Å². The monoisotopic (exact) mass is 383 g/mol. The number of allylic oxidation sites excluding steroid dienone is 1. The number of hydrogen-bond acceptors (Lipinski definition) is 5. The highest BCUT2D eigenvalue weighted by molar-refractivity contribution is 8.09. The number of aromatic nitrogens is 3. The number of nitrogens with zero attached hydrogens (tertiary/aromatic N) is 4. The lowest BCUT2D eigenvalue weighted by atomic mass is 10.1. The van der Waals surface area contributed by atoms with E-state index >= 15 is 0 Å². The number of benzene rings is 1. The van der Waals surface area contributed by atoms with Crippen molar-refractivity contribution in [3.63, 3.8) is 0 Å². The third-order valence-corrected chi connectivity index (χ3v) is 4.80. The first-order chi connectivity index (χ1) is 11.2. The first-order valence-corrected chi connectivity index (χ1v) is 8.79. The Hall–Kier alpha value is -1.34. The average molecular weight is 384 g/mol. The van der Waals surface area contributed by atoms with E-state index in [1.165, 1.54) is 18.1 Å². The standard InChI is InChI=1S/C16H18ClN5S.ClH/c1-2-3-4-13-14(22-10-19-9-20-22)15(23-16(18)21-13)11-5-7-12(17)8-6-11;/h5-10,16H,2-4,18H2,1H3;1H. The van der Waals surface area contributed by atoms with Gasteiger partial charge in [0.25, 0.3) is 0 Å². The molecule has 24 heavy (non-hydrogen) atoms. The largest absolute Gasteiger partial charge is 0.301 e. The summed E-state index contributed by atoms with van der Waals surface area (Å²) in [6.45, 7) is 2.16. The molecule has 8 heteroatoms. The average Bonchev–Trinajstić information content (AvgIpc) is 3.07. The molecule has 1 aromatic heterocycles. The zero-order valence-corrected chi connectivity index (χ0v) is 15.6. The second-order valence-electron chi connectivity index (χ2n) is 5.21. The Morgan fingerprint density at radius 1 is 1.29 bits per heavy atom. The molecule has 0 saturated carbocycles. The van der Waals surface area contributed by atoms with Gasteiger partial charge in [0.1, 0.15) is 23.8 Å². The molecule has 2 aromatic rings. The predicted molar refractivity (Wildman–Crippen MR) is 104 cm³/mol. The minimum atomic E-state index is -0.306. The molecule has 1 atom stereocenters. The fraction of sp³-hybridized carbons (Fsp3) is 0.312. The number of thioether (sulfide) groups is 1. The molecule has 0 fully saturated rings. The summed E-state index contributed by atoms with van der Waals surface area (Å²) in [7, 11) is 0. The first-order valence-electron chi connectivity index (χ1n) is 7.53. The first kappa shape index (κ1) is 19.0. The molecule has 0 aliphatic carbocycles. The van der Waals surface area contributed by atoms with E-state index < -0.39 is 0 Å². The van der Waals surface area contributed by atoms with Crippen molar-refractivity contribution in [1.82, 2.24) is 14.8 Å². The Labute approximate surface area is 156 Å². The SMILES string of the molecule is CCCCC1=NC(N)SC(c2ccc(Cl)cc2)=C1n1cncn1.Cl. The Bertz CT molecular complexity index is 725. The van der Waals surface area contributed by atoms with Crippen LogP contribution in [0.5, 0.6) is 0 Å². The second-order valence-corrected chi connectivity index (χ2v) is 6.78. The summed E-state index contributed by atoms with van der Waals surface area (Å²) >= 11 is 7.54. The number of rotatable bonds is 5. The van der Waals surface area contributed by atoms with E-state index in [4.69, 9.17) is 17.3 Å². The van der Waals surface area contributed by atoms with Gasteiger partial charge in [0, 0.05) is 9.93 Å². The number of halogens is 2. The molecule has 1 aliphatic rings. The highest BCUT2D eigenvalue weighted by Crippen LogP contribution is 2.39. The van der Waals surface area contributed by atoms with Crippen molar-refractivity contribution in [3.05, 3.63) is 47.5 Å². The molecule has 0 saturated heterocycles. The number of nitrogens with two attached hydrogens (primary N) is 1. The molecule has 2 N–H and O–H groups in total. The molecule has 0 spiro atoms. The van der Waals surface area contributed by atoms with Crippen LogP contribution in [0.1, 0.15) is 31.7 Å². The smallest absolute Gasteiger partial charge is 0.149 e. The molecular weight excluding hydrogens is 365 g/mol. The van der Waals surface area contributed by atoms with Gasteiger partial charge in [-0.05, 0) is 30.5 Å². The summed E-state index contributed by atoms with van der Waals surface area (Å²) in [6, 6.07) is 7.76. The molecular formula is C16H19Cl2N5S. The second kappa shape index (κ2) is 8.67. The fourth-order valence-corrected chi connectivity index (χ4v) is 3.58. The van der Waals surface area contributed by atoms with Crippen LogP contribution in [0.15, 0.2) is 41.9 Å². The zero-order chi connectivity index (χ0) is 16.2. The molecule has 5 nitrogen and oxygen atoms in total. The third kappa shape index (κ3) is 4.19. The van der Waals surface area contributed by atoms with Crippen molar-refractivity contribution in [2.24, 2.45) is 10.7 Å². The molecule has 3 rings (SSSR count). The van der Waals surface area contributed by atoms with Gasteiger partial charge in [-0.2, -0.15) is 5.10 Å². The van der Waals surface area contributed by atoms with Crippen LogP contribution in [0, 0.1) is 0 Å². The molecule has 2 heterocycles. The van der Waals surface area contributed by atoms with Crippen molar-refractivity contribution >= 4 is 52.1 Å². The molecule has 0 bridgehead atoms. The Balaban J connectivity index is 0.00000208. The van der Waals surface area contributed by atoms with Crippen LogP contribution in [0.25, 0.3) is 10.6 Å². The maximum Gasteiger partial charge on any atom is 0.149 e. The van der Waals surface area contributed by atoms with Gasteiger partial charge in [-0.3, -0.25) is 4.99 Å². The van der Waals surface area contributed by atoms with E-state index in [-0.39, 0.29) is 17.9 Å². The third-order valence-electron chi connectivity index (χ3n) is 3.53. The van der Waals surface area contributed by atoms with Gasteiger partial charge in [-0.15, -0.1) is 12.4 Å². The summed E-state index contributed by atoms with van der Waals surface area (Å²) in [5, 5.41) is 5.01. The van der Waals surface area contributed by atoms with E-state index in [0.29, 0.717) is 5.02 Å². The van der Waals surface area contributed by atoms with Crippen LogP contribution < -0.4 is 5.73 Å². The number of unbranched alkanes of at least 4 members (excludes halogenated alkanes) is 1. The Morgan fingerprint density at radius 2 is 2.04 bits per heavy atom. The van der Waals surface area contributed by atoms with Crippen LogP contribution in [-0.2, 0) is 0 Å². The van der Waals surface area contributed by atoms with E-state index in [9.17, 15) is 0 Å². The Morgan fingerprint density at radius 3 is 2.67 bits per heavy atom. The van der Waals surface area contributed by atoms with Crippen LogP contribution in [0.4, 0.5) is 0 Å². The molecule has 1 aliphatic heterocycles. The van der Waals surface area contributed by atoms with Crippen molar-refractivity contribution in [2.45, 2.75) is 31.7 Å². The minimum Gasteiger partial charge on any atom is -0.301 e. The van der Waals surface area contributed by atoms with Crippen molar-refractivity contribution in [1.29, 1.82) is 0 Å². The summed E-state index contributed by atoms with van der Waals surface area (Å²) in [5.41, 5.74) is 8.84. The van der Waals surface area contributed by atoms with E-state index in [1.807, 2.05) is 24.3 Å². The highest BCUT2D eigenvalue weighted by atomic mass is 35.5. The lowest BCUT2D eigenvalue weighted by molar-refractivity contribution is 0.820. The maximum absolute atomic E-state index is 6.14. The van der Waals surface area contributed by atoms with Crippen molar-refractivity contribution < 1.29 is 0 Å². The molecule has 0 amide bonds. The summed E-state index contributed by atoms with van der Waals surface area (Å²) in [4.78, 5) is 9.77. The van der Waals surface area contributed by atoms with E-state index in [0.717, 1.165) is 41.1 Å². The molecule has 1 unspecified atom stereocenters. The molecule has 0 radical (unpaired) electrons. The topological polar surface area (TPSA) is 69.1 Å². The normalized spacial score (nSPS) is 17.5. The van der Waals surface area contributed by atoms with Crippen molar-refractivity contribution in [3.8, 4) is 0 Å². The van der Waals surface area contributed by atoms with E-state index in [1.54, 1.807) is 11.0 Å². The van der Waals surface area contributed by atoms with Crippen LogP contribution in [0.2, 0.25) is 5.02 Å². The fourth-order valence-electron chi connectivity index (χ4n) is 2.44. The van der Waals surface area contributed by atoms with Gasteiger partial charge in [0.15, 0.2) is 0 Å². The van der Waals surface area contributed by atoms with E-state index in [2.05, 4.69) is 22.0 Å². The summed E-state index contributed by atoms with van der Waals surface area (Å²) in [6.07, 6.45) is 6.26. The maximum atomic E-state index is 6.14. The van der Waals surface area contributed by atoms with Crippen molar-refractivity contribution in [2.75, 3.05) is 0 Å². The molecule has 128 valence electrons. The lowest BCUT2D eigenvalue weighted by Crippen LogP contribution is -2.23. The summed E-state index contributed by atoms with van der Waals surface area (Å²) < 4.78 is 1.78. The highest BCUT2D eigenvalue weighted by Gasteiger charge is 2.25. The quantitative estimate of drug-likeness (QED) is 0.835. The van der Waals surface area contributed by atoms with Gasteiger partial charge in [0.2, 0.25) is 0 Å². The summed E-state index contributed by atoms with van der Waals surface area (Å²) in [5.74, 6) is 0. The van der Waals surface area contributed by atoms with Crippen LogP contribution >= 0.6 is 35.8 Å². The van der Waals surface area contributed by atoms with Gasteiger partial charge >= 0.3 is 0 Å². The van der Waals surface area contributed by atoms with Crippen LogP contribution in [-0.4, -0.2) is 26.0 Å². The lowest BCUT2D eigenvalue weighted by Gasteiger charge is -2.24. The van der Waals surface area contributed by atoms with Gasteiger partial charge in [-0.1, -0.05) is 48.8 Å². The van der Waals surface area contributed by atoms with Gasteiger partial charge in [0.05, 0.1) is 5.71 Å². The minimum absolute atomic E-state index is 0. The number of hydrogen-bond donors (Lipinski definition) is 1. The van der Waals surface area contributed by atoms with Gasteiger partial charge in [-0.25, -0.2) is 9.67 Å². The predicted octanol–water partition coefficient (Wildman–Crippen LogP) is 4.30. The zero-order valence-electron chi connectivity index (χ0n) is 13.2. The molecule has 1 aromatic carbocycles. The number of aliphatic imine (C=N–C) groups is 1. The van der Waals surface area contributed by atoms with Gasteiger partial charge < -0.3 is 5.73 Å². The Kier molecular flexibility index (Phi) is 6.86.